The van der Waals surface area contributed by atoms with E-state index in [0.717, 1.165) is 0 Å². The number of aromatic nitrogens is 3. The number of benzene rings is 2. The first-order valence-electron chi connectivity index (χ1n) is 10.1. The van der Waals surface area contributed by atoms with Gasteiger partial charge in [-0.1, -0.05) is 23.4 Å². The molecule has 1 atom stereocenters. The van der Waals surface area contributed by atoms with Crippen LogP contribution in [0.1, 0.15) is 36.1 Å². The van der Waals surface area contributed by atoms with Gasteiger partial charge in [-0.15, -0.1) is 10.2 Å². The molecule has 0 spiro atoms. The number of rotatable bonds is 9. The Labute approximate surface area is 199 Å². The molecular weight excluding hydrogens is 469 g/mol. The van der Waals surface area contributed by atoms with Crippen molar-refractivity contribution in [2.45, 2.75) is 31.6 Å². The van der Waals surface area contributed by atoms with Gasteiger partial charge in [0.2, 0.25) is 5.91 Å². The average molecular weight is 492 g/mol. The molecule has 2 aromatic carbocycles. The maximum Gasteiger partial charge on any atom is 0.251 e. The van der Waals surface area contributed by atoms with E-state index in [1.165, 1.54) is 30.0 Å². The molecule has 8 nitrogen and oxygen atoms in total. The smallest absolute Gasteiger partial charge is 0.251 e. The molecule has 3 aromatic rings. The van der Waals surface area contributed by atoms with Crippen LogP contribution in [-0.4, -0.2) is 39.4 Å². The number of ether oxygens (including phenoxy) is 1. The third-order valence-corrected chi connectivity index (χ3v) is 5.94. The minimum absolute atomic E-state index is 0.0681. The molecule has 2 N–H and O–H groups in total. The van der Waals surface area contributed by atoms with Gasteiger partial charge >= 0.3 is 0 Å². The number of hydrogen-bond donors (Lipinski definition) is 2. The number of nitrogens with one attached hydrogen (secondary N) is 2. The van der Waals surface area contributed by atoms with Crippen molar-refractivity contribution in [2.75, 3.05) is 18.2 Å². The minimum Gasteiger partial charge on any atom is -0.497 e. The van der Waals surface area contributed by atoms with Crippen LogP contribution in [0.25, 0.3) is 0 Å². The van der Waals surface area contributed by atoms with E-state index in [9.17, 15) is 14.0 Å². The lowest BCUT2D eigenvalue weighted by atomic mass is 10.2. The summed E-state index contributed by atoms with van der Waals surface area (Å²) < 4.78 is 20.2. The molecule has 1 heterocycles. The van der Waals surface area contributed by atoms with Crippen molar-refractivity contribution < 1.29 is 18.7 Å². The lowest BCUT2D eigenvalue weighted by Crippen LogP contribution is -2.28. The second kappa shape index (κ2) is 11.2. The highest BCUT2D eigenvalue weighted by Gasteiger charge is 2.20. The lowest BCUT2D eigenvalue weighted by molar-refractivity contribution is -0.113. The predicted molar refractivity (Wildman–Crippen MR) is 125 cm³/mol. The van der Waals surface area contributed by atoms with Gasteiger partial charge in [0.25, 0.3) is 5.91 Å². The van der Waals surface area contributed by atoms with Crippen molar-refractivity contribution in [2.24, 2.45) is 0 Å². The molecule has 174 valence electrons. The first kappa shape index (κ1) is 24.5. The van der Waals surface area contributed by atoms with Gasteiger partial charge in [0.05, 0.1) is 23.9 Å². The van der Waals surface area contributed by atoms with Crippen LogP contribution in [0.2, 0.25) is 5.02 Å². The fourth-order valence-electron chi connectivity index (χ4n) is 3.01. The largest absolute Gasteiger partial charge is 0.497 e. The molecule has 0 fully saturated rings. The fourth-order valence-corrected chi connectivity index (χ4v) is 4.00. The molecular formula is C22H23ClFN5O3S. The van der Waals surface area contributed by atoms with Crippen LogP contribution in [0.4, 0.5) is 10.1 Å². The molecule has 0 radical (unpaired) electrons. The number of carbonyl (C=O) groups excluding carboxylic acids is 2. The van der Waals surface area contributed by atoms with Crippen LogP contribution in [0, 0.1) is 5.82 Å². The molecule has 3 rings (SSSR count). The molecule has 33 heavy (non-hydrogen) atoms. The molecule has 0 bridgehead atoms. The van der Waals surface area contributed by atoms with Gasteiger partial charge in [0.1, 0.15) is 11.6 Å². The third-order valence-electron chi connectivity index (χ3n) is 4.68. The summed E-state index contributed by atoms with van der Waals surface area (Å²) in [6, 6.07) is 10.4. The number of thioether (sulfide) groups is 1. The molecule has 11 heteroatoms. The van der Waals surface area contributed by atoms with Crippen molar-refractivity contribution >= 4 is 40.9 Å². The number of halogens is 2. The Bertz CT molecular complexity index is 1140. The summed E-state index contributed by atoms with van der Waals surface area (Å²) in [4.78, 5) is 24.8. The van der Waals surface area contributed by atoms with Gasteiger partial charge in [0.15, 0.2) is 11.0 Å². The molecule has 1 unspecified atom stereocenters. The third kappa shape index (κ3) is 6.23. The summed E-state index contributed by atoms with van der Waals surface area (Å²) in [5.74, 6) is 0.213. The van der Waals surface area contributed by atoms with Gasteiger partial charge in [-0.25, -0.2) is 4.39 Å². The zero-order valence-corrected chi connectivity index (χ0v) is 19.8. The van der Waals surface area contributed by atoms with Crippen LogP contribution in [-0.2, 0) is 11.3 Å². The Hall–Kier alpha value is -3.11. The highest BCUT2D eigenvalue weighted by molar-refractivity contribution is 7.99. The van der Waals surface area contributed by atoms with E-state index in [-0.39, 0.29) is 22.6 Å². The van der Waals surface area contributed by atoms with Gasteiger partial charge in [-0.05, 0) is 56.3 Å². The maximum absolute atomic E-state index is 13.3. The van der Waals surface area contributed by atoms with Gasteiger partial charge in [-0.2, -0.15) is 0 Å². The predicted octanol–water partition coefficient (Wildman–Crippen LogP) is 4.32. The molecule has 2 amide bonds. The van der Waals surface area contributed by atoms with Gasteiger partial charge in [0, 0.05) is 17.8 Å². The van der Waals surface area contributed by atoms with Crippen LogP contribution in [0.5, 0.6) is 5.75 Å². The standard InChI is InChI=1S/C22H23ClFN5O3S/c1-4-29-20(13(2)25-21(31)14-5-8-16(32-3)9-6-14)27-28-22(29)33-12-19(30)26-15-7-10-18(24)17(23)11-15/h5-11,13H,4,12H2,1-3H3,(H,25,31)(H,26,30). The van der Waals surface area contributed by atoms with Crippen LogP contribution < -0.4 is 15.4 Å². The Balaban J connectivity index is 1.61. The summed E-state index contributed by atoms with van der Waals surface area (Å²) in [5.41, 5.74) is 0.900. The Morgan fingerprint density at radius 3 is 2.58 bits per heavy atom. The average Bonchev–Trinajstić information content (AvgIpc) is 3.23. The zero-order valence-electron chi connectivity index (χ0n) is 18.3. The summed E-state index contributed by atoms with van der Waals surface area (Å²) in [7, 11) is 1.56. The topological polar surface area (TPSA) is 98.1 Å². The van der Waals surface area contributed by atoms with E-state index in [1.54, 1.807) is 31.4 Å². The van der Waals surface area contributed by atoms with E-state index >= 15 is 0 Å². The van der Waals surface area contributed by atoms with E-state index in [2.05, 4.69) is 20.8 Å². The van der Waals surface area contributed by atoms with Crippen molar-refractivity contribution in [1.82, 2.24) is 20.1 Å². The summed E-state index contributed by atoms with van der Waals surface area (Å²) >= 11 is 6.95. The summed E-state index contributed by atoms with van der Waals surface area (Å²) in [6.45, 7) is 4.30. The Morgan fingerprint density at radius 1 is 1.21 bits per heavy atom. The molecule has 0 saturated heterocycles. The first-order valence-corrected chi connectivity index (χ1v) is 11.4. The van der Waals surface area contributed by atoms with Gasteiger partial charge < -0.3 is 19.9 Å². The highest BCUT2D eigenvalue weighted by Crippen LogP contribution is 2.23. The van der Waals surface area contributed by atoms with Crippen LogP contribution in [0.15, 0.2) is 47.6 Å². The fraction of sp³-hybridized carbons (Fsp3) is 0.273. The van der Waals surface area contributed by atoms with Crippen molar-refractivity contribution in [3.05, 3.63) is 64.7 Å². The number of nitrogens with zero attached hydrogens (tertiary/aromatic N) is 3. The van der Waals surface area contributed by atoms with E-state index in [1.807, 2.05) is 18.4 Å². The second-order valence-electron chi connectivity index (χ2n) is 6.97. The summed E-state index contributed by atoms with van der Waals surface area (Å²) in [5, 5.41) is 14.4. The van der Waals surface area contributed by atoms with Crippen molar-refractivity contribution in [3.8, 4) is 5.75 Å². The van der Waals surface area contributed by atoms with Crippen molar-refractivity contribution in [1.29, 1.82) is 0 Å². The van der Waals surface area contributed by atoms with Crippen LogP contribution in [0.3, 0.4) is 0 Å². The first-order chi connectivity index (χ1) is 15.8. The Kier molecular flexibility index (Phi) is 8.29. The quantitative estimate of drug-likeness (QED) is 0.432. The highest BCUT2D eigenvalue weighted by atomic mass is 35.5. The number of carbonyl (C=O) groups is 2. The second-order valence-corrected chi connectivity index (χ2v) is 8.32. The molecule has 0 aliphatic carbocycles. The Morgan fingerprint density at radius 2 is 1.94 bits per heavy atom. The number of amides is 2. The molecule has 0 saturated carbocycles. The van der Waals surface area contributed by atoms with E-state index in [0.29, 0.717) is 34.5 Å². The molecule has 0 aliphatic heterocycles. The van der Waals surface area contributed by atoms with Crippen LogP contribution >= 0.6 is 23.4 Å². The molecule has 0 aliphatic rings. The monoisotopic (exact) mass is 491 g/mol. The minimum atomic E-state index is -0.555. The lowest BCUT2D eigenvalue weighted by Gasteiger charge is -2.15. The maximum atomic E-state index is 13.3. The molecule has 1 aromatic heterocycles. The van der Waals surface area contributed by atoms with Gasteiger partial charge in [-0.3, -0.25) is 9.59 Å². The van der Waals surface area contributed by atoms with Crippen molar-refractivity contribution in [3.63, 3.8) is 0 Å². The van der Waals surface area contributed by atoms with E-state index < -0.39 is 11.9 Å². The van der Waals surface area contributed by atoms with E-state index in [4.69, 9.17) is 16.3 Å². The summed E-state index contributed by atoms with van der Waals surface area (Å²) in [6.07, 6.45) is 0. The normalized spacial score (nSPS) is 11.7. The zero-order chi connectivity index (χ0) is 24.0. The SMILES string of the molecule is CCn1c(SCC(=O)Nc2ccc(F)c(Cl)c2)nnc1C(C)NC(=O)c1ccc(OC)cc1. The number of hydrogen-bond acceptors (Lipinski definition) is 6. The number of anilines is 1. The number of methoxy groups -OCH3 is 1.